The summed E-state index contributed by atoms with van der Waals surface area (Å²) in [7, 11) is 0. The van der Waals surface area contributed by atoms with Crippen LogP contribution in [0.4, 0.5) is 0 Å². The summed E-state index contributed by atoms with van der Waals surface area (Å²) in [6.45, 7) is 5.23. The van der Waals surface area contributed by atoms with Gasteiger partial charge in [0.1, 0.15) is 0 Å². The molecule has 1 atom stereocenters. The molecular weight excluding hydrogens is 380 g/mol. The smallest absolute Gasteiger partial charge is 0.226 e. The SMILES string of the molecule is Cc1ccc(C(CNC(=O)C23CC4CC(CC(C4)C2)C3)N2CCCCC2)cc1.Cl. The number of benzene rings is 1. The highest BCUT2D eigenvalue weighted by atomic mass is 35.5. The number of hydrogen-bond acceptors (Lipinski definition) is 2. The second-order valence-electron chi connectivity index (χ2n) is 10.4. The van der Waals surface area contributed by atoms with E-state index >= 15 is 0 Å². The van der Waals surface area contributed by atoms with Gasteiger partial charge in [0.2, 0.25) is 5.91 Å². The molecule has 5 aliphatic rings. The highest BCUT2D eigenvalue weighted by Crippen LogP contribution is 2.60. The maximum Gasteiger partial charge on any atom is 0.226 e. The molecule has 1 aliphatic heterocycles. The van der Waals surface area contributed by atoms with Crippen LogP contribution in [0.25, 0.3) is 0 Å². The fourth-order valence-electron chi connectivity index (χ4n) is 7.24. The maximum absolute atomic E-state index is 13.4. The summed E-state index contributed by atoms with van der Waals surface area (Å²) in [6, 6.07) is 9.29. The first kappa shape index (κ1) is 21.2. The van der Waals surface area contributed by atoms with Crippen molar-refractivity contribution in [3.63, 3.8) is 0 Å². The van der Waals surface area contributed by atoms with E-state index in [2.05, 4.69) is 41.4 Å². The normalized spacial score (nSPS) is 34.4. The minimum atomic E-state index is -0.0333. The van der Waals surface area contributed by atoms with Gasteiger partial charge in [0, 0.05) is 12.0 Å². The van der Waals surface area contributed by atoms with Gasteiger partial charge < -0.3 is 5.32 Å². The van der Waals surface area contributed by atoms with Gasteiger partial charge in [-0.1, -0.05) is 36.2 Å². The van der Waals surface area contributed by atoms with E-state index in [1.165, 1.54) is 49.7 Å². The van der Waals surface area contributed by atoms with Crippen LogP contribution in [0, 0.1) is 30.1 Å². The minimum absolute atomic E-state index is 0. The molecule has 1 amide bonds. The molecule has 0 radical (unpaired) electrons. The Morgan fingerprint density at radius 1 is 1.00 bits per heavy atom. The van der Waals surface area contributed by atoms with Crippen LogP contribution in [0.5, 0.6) is 0 Å². The predicted molar refractivity (Wildman–Crippen MR) is 120 cm³/mol. The van der Waals surface area contributed by atoms with Gasteiger partial charge in [-0.25, -0.2) is 0 Å². The third-order valence-corrected chi connectivity index (χ3v) is 8.27. The molecule has 1 heterocycles. The number of nitrogens with one attached hydrogen (secondary N) is 1. The highest BCUT2D eigenvalue weighted by Gasteiger charge is 2.54. The van der Waals surface area contributed by atoms with Gasteiger partial charge in [0.25, 0.3) is 0 Å². The number of hydrogen-bond donors (Lipinski definition) is 1. The quantitative estimate of drug-likeness (QED) is 0.708. The molecule has 6 rings (SSSR count). The lowest BCUT2D eigenvalue weighted by molar-refractivity contribution is -0.146. The fraction of sp³-hybridized carbons (Fsp3) is 0.720. The number of aryl methyl sites for hydroxylation is 1. The van der Waals surface area contributed by atoms with Crippen LogP contribution in [0.1, 0.15) is 75.0 Å². The van der Waals surface area contributed by atoms with Crippen molar-refractivity contribution in [1.29, 1.82) is 0 Å². The highest BCUT2D eigenvalue weighted by molar-refractivity contribution is 5.85. The molecule has 5 fully saturated rings. The molecule has 0 spiro atoms. The lowest BCUT2D eigenvalue weighted by atomic mass is 9.49. The largest absolute Gasteiger partial charge is 0.354 e. The Morgan fingerprint density at radius 3 is 2.10 bits per heavy atom. The van der Waals surface area contributed by atoms with Crippen molar-refractivity contribution in [3.05, 3.63) is 35.4 Å². The van der Waals surface area contributed by atoms with Crippen molar-refractivity contribution in [2.24, 2.45) is 23.2 Å². The lowest BCUT2D eigenvalue weighted by Crippen LogP contribution is -2.54. The van der Waals surface area contributed by atoms with Crippen LogP contribution in [-0.4, -0.2) is 30.4 Å². The first-order chi connectivity index (χ1) is 13.6. The Hall–Kier alpha value is -1.06. The van der Waals surface area contributed by atoms with E-state index in [-0.39, 0.29) is 17.8 Å². The van der Waals surface area contributed by atoms with Crippen LogP contribution < -0.4 is 5.32 Å². The van der Waals surface area contributed by atoms with Gasteiger partial charge in [-0.05, 0) is 94.7 Å². The van der Waals surface area contributed by atoms with Crippen molar-refractivity contribution in [1.82, 2.24) is 10.2 Å². The number of carbonyl (C=O) groups excluding carboxylic acids is 1. The molecule has 29 heavy (non-hydrogen) atoms. The summed E-state index contributed by atoms with van der Waals surface area (Å²) in [5.74, 6) is 2.85. The predicted octanol–water partition coefficient (Wildman–Crippen LogP) is 5.28. The second kappa shape index (κ2) is 8.59. The molecule has 1 aromatic carbocycles. The Bertz CT molecular complexity index is 675. The van der Waals surface area contributed by atoms with Crippen LogP contribution in [-0.2, 0) is 4.79 Å². The Morgan fingerprint density at radius 2 is 1.55 bits per heavy atom. The first-order valence-electron chi connectivity index (χ1n) is 11.7. The van der Waals surface area contributed by atoms with Crippen molar-refractivity contribution in [2.75, 3.05) is 19.6 Å². The molecule has 1 N–H and O–H groups in total. The Labute approximate surface area is 182 Å². The van der Waals surface area contributed by atoms with E-state index in [9.17, 15) is 4.79 Å². The number of piperidine rings is 1. The topological polar surface area (TPSA) is 32.3 Å². The number of amides is 1. The van der Waals surface area contributed by atoms with Gasteiger partial charge in [-0.3, -0.25) is 9.69 Å². The summed E-state index contributed by atoms with van der Waals surface area (Å²) in [4.78, 5) is 16.0. The van der Waals surface area contributed by atoms with Gasteiger partial charge in [-0.15, -0.1) is 12.4 Å². The van der Waals surface area contributed by atoms with Crippen LogP contribution in [0.15, 0.2) is 24.3 Å². The molecule has 4 saturated carbocycles. The van der Waals surface area contributed by atoms with Gasteiger partial charge in [-0.2, -0.15) is 0 Å². The molecule has 4 bridgehead atoms. The first-order valence-corrected chi connectivity index (χ1v) is 11.7. The summed E-state index contributed by atoms with van der Waals surface area (Å²) in [5.41, 5.74) is 2.63. The summed E-state index contributed by atoms with van der Waals surface area (Å²) in [5, 5.41) is 3.47. The van der Waals surface area contributed by atoms with Crippen molar-refractivity contribution < 1.29 is 4.79 Å². The van der Waals surface area contributed by atoms with Crippen molar-refractivity contribution in [2.45, 2.75) is 70.8 Å². The molecule has 160 valence electrons. The lowest BCUT2D eigenvalue weighted by Gasteiger charge is -2.55. The van der Waals surface area contributed by atoms with E-state index < -0.39 is 0 Å². The fourth-order valence-corrected chi connectivity index (χ4v) is 7.24. The van der Waals surface area contributed by atoms with Gasteiger partial charge >= 0.3 is 0 Å². The zero-order chi connectivity index (χ0) is 19.1. The second-order valence-corrected chi connectivity index (χ2v) is 10.4. The minimum Gasteiger partial charge on any atom is -0.354 e. The monoisotopic (exact) mass is 416 g/mol. The van der Waals surface area contributed by atoms with Crippen LogP contribution in [0.2, 0.25) is 0 Å². The number of halogens is 1. The van der Waals surface area contributed by atoms with Gasteiger partial charge in [0.05, 0.1) is 6.04 Å². The number of likely N-dealkylation sites (tertiary alicyclic amines) is 1. The maximum atomic E-state index is 13.4. The summed E-state index contributed by atoms with van der Waals surface area (Å²) in [6.07, 6.45) is 11.6. The summed E-state index contributed by atoms with van der Waals surface area (Å²) < 4.78 is 0. The van der Waals surface area contributed by atoms with Crippen molar-refractivity contribution >= 4 is 18.3 Å². The van der Waals surface area contributed by atoms with E-state index in [1.807, 2.05) is 0 Å². The van der Waals surface area contributed by atoms with Crippen LogP contribution in [0.3, 0.4) is 0 Å². The van der Waals surface area contributed by atoms with E-state index in [4.69, 9.17) is 0 Å². The molecule has 0 aromatic heterocycles. The van der Waals surface area contributed by atoms with E-state index in [0.717, 1.165) is 56.7 Å². The van der Waals surface area contributed by atoms with Crippen molar-refractivity contribution in [3.8, 4) is 0 Å². The van der Waals surface area contributed by atoms with E-state index in [1.54, 1.807) is 0 Å². The average molecular weight is 417 g/mol. The number of carbonyl (C=O) groups is 1. The molecule has 3 nitrogen and oxygen atoms in total. The number of nitrogens with zero attached hydrogens (tertiary/aromatic N) is 1. The molecule has 4 aliphatic carbocycles. The third-order valence-electron chi connectivity index (χ3n) is 8.27. The Balaban J connectivity index is 0.00000205. The average Bonchev–Trinajstić information content (AvgIpc) is 2.69. The van der Waals surface area contributed by atoms with Crippen LogP contribution >= 0.6 is 12.4 Å². The molecule has 4 heteroatoms. The molecule has 1 unspecified atom stereocenters. The molecule has 1 saturated heterocycles. The Kier molecular flexibility index (Phi) is 6.27. The van der Waals surface area contributed by atoms with E-state index in [0.29, 0.717) is 11.9 Å². The zero-order valence-electron chi connectivity index (χ0n) is 17.9. The standard InChI is InChI=1S/C25H36N2O.ClH/c1-18-5-7-22(8-6-18)23(27-9-3-2-4-10-27)17-26-24(28)25-14-19-11-20(15-25)13-21(12-19)16-25;/h5-8,19-21,23H,2-4,9-17H2,1H3,(H,26,28);1H. The molecule has 1 aromatic rings. The van der Waals surface area contributed by atoms with Gasteiger partial charge in [0.15, 0.2) is 0 Å². The number of rotatable bonds is 5. The summed E-state index contributed by atoms with van der Waals surface area (Å²) >= 11 is 0. The third kappa shape index (κ3) is 4.23. The zero-order valence-corrected chi connectivity index (χ0v) is 18.7. The molecular formula is C25H37ClN2O.